The van der Waals surface area contributed by atoms with E-state index in [-0.39, 0.29) is 0 Å². The van der Waals surface area contributed by atoms with Crippen LogP contribution in [0.25, 0.3) is 157 Å². The van der Waals surface area contributed by atoms with Gasteiger partial charge in [0.25, 0.3) is 0 Å². The molecule has 17 aromatic rings. The first-order valence-electron chi connectivity index (χ1n) is 33.7. The fourth-order valence-electron chi connectivity index (χ4n) is 14.9. The van der Waals surface area contributed by atoms with E-state index < -0.39 is 0 Å². The first-order chi connectivity index (χ1) is 49.6. The number of rotatable bonds is 11. The lowest BCUT2D eigenvalue weighted by atomic mass is 9.95. The molecule has 0 bridgehead atoms. The minimum atomic E-state index is 0.574. The van der Waals surface area contributed by atoms with Crippen molar-refractivity contribution in [3.05, 3.63) is 328 Å². The van der Waals surface area contributed by atoms with E-state index in [9.17, 15) is 0 Å². The zero-order valence-corrected chi connectivity index (χ0v) is 54.3. The maximum atomic E-state index is 5.36. The SMILES string of the molecule is CCN1c2cc(-c3cccc(-c4nc(-c5ccccc5)nc(-c5ccc(-n6c7c(c8ccccc86)-c6cnccc6N(c6ccccc6)c6ccccc6-7)cc5)n4)c3)ccc2-c2c(n(-c3cccc(-c4nc(-c5ccccc5)nc(-c5ccccc5)n4)c3)c3ccccc23)-c2ccccc21. The Morgan fingerprint density at radius 3 is 1.27 bits per heavy atom. The minimum absolute atomic E-state index is 0.574. The summed E-state index contributed by atoms with van der Waals surface area (Å²) in [7, 11) is 0. The van der Waals surface area contributed by atoms with E-state index >= 15 is 0 Å². The van der Waals surface area contributed by atoms with Crippen LogP contribution in [0.2, 0.25) is 0 Å². The lowest BCUT2D eigenvalue weighted by molar-refractivity contribution is 1.03. The summed E-state index contributed by atoms with van der Waals surface area (Å²) in [5.41, 5.74) is 26.1. The zero-order chi connectivity index (χ0) is 66.2. The molecule has 0 spiro atoms. The highest BCUT2D eigenvalue weighted by Gasteiger charge is 2.34. The van der Waals surface area contributed by atoms with E-state index in [0.717, 1.165) is 157 Å². The smallest absolute Gasteiger partial charge is 0.164 e. The average Bonchev–Trinajstić information content (AvgIpc) is 1.56. The highest BCUT2D eigenvalue weighted by atomic mass is 15.2. The standard InChI is InChI=1S/C89H59N11/c1-2-97-74-41-19-17-39-71(74)82-80(68-37-15-21-43-76(68)100(82)67-36-24-33-64(54-67)89-94-84(57-25-7-3-8-26-57)91-85(95-89)58-27-9-4-10-28-58)70-50-47-62(55-79(70)97)61-31-23-32-63(53-61)88-93-86(59-29-11-5-12-30-59)92-87(96-88)60-45-48-66(49-46-60)99-75-42-20-16-38-69(75)81-73-56-90-52-51-78(73)98(65-34-13-6-14-35-65)77-44-22-18-40-72(77)83(81)99/h3-56H,2H2,1H3. The Balaban J connectivity index is 0.714. The number of para-hydroxylation sites is 5. The van der Waals surface area contributed by atoms with Gasteiger partial charge in [0.2, 0.25) is 0 Å². The molecule has 7 heterocycles. The van der Waals surface area contributed by atoms with Crippen molar-refractivity contribution in [1.82, 2.24) is 44.0 Å². The quantitative estimate of drug-likeness (QED) is 0.125. The van der Waals surface area contributed by atoms with Crippen LogP contribution in [0, 0.1) is 0 Å². The van der Waals surface area contributed by atoms with E-state index in [2.05, 4.69) is 262 Å². The second-order valence-electron chi connectivity index (χ2n) is 25.1. The topological polar surface area (TPSA) is 107 Å². The van der Waals surface area contributed by atoms with Crippen LogP contribution in [-0.2, 0) is 0 Å². The third-order valence-electron chi connectivity index (χ3n) is 19.4. The lowest BCUT2D eigenvalue weighted by Gasteiger charge is -2.27. The number of aromatic nitrogens is 9. The summed E-state index contributed by atoms with van der Waals surface area (Å²) in [6.07, 6.45) is 3.91. The molecule has 19 rings (SSSR count). The third kappa shape index (κ3) is 9.69. The molecule has 470 valence electrons. The van der Waals surface area contributed by atoms with Crippen LogP contribution in [0.5, 0.6) is 0 Å². The van der Waals surface area contributed by atoms with Crippen molar-refractivity contribution in [3.63, 3.8) is 0 Å². The van der Waals surface area contributed by atoms with Gasteiger partial charge in [-0.25, -0.2) is 29.9 Å². The minimum Gasteiger partial charge on any atom is -0.341 e. The number of benzene rings is 12. The Hall–Kier alpha value is -13.5. The number of hydrogen-bond donors (Lipinski definition) is 0. The Kier molecular flexibility index (Phi) is 13.9. The Morgan fingerprint density at radius 2 is 0.680 bits per heavy atom. The molecule has 0 saturated heterocycles. The molecule has 5 aromatic heterocycles. The molecule has 0 unspecified atom stereocenters. The summed E-state index contributed by atoms with van der Waals surface area (Å²) >= 11 is 0. The second-order valence-corrected chi connectivity index (χ2v) is 25.1. The van der Waals surface area contributed by atoms with E-state index in [1.165, 1.54) is 0 Å². The van der Waals surface area contributed by atoms with Crippen molar-refractivity contribution in [1.29, 1.82) is 0 Å². The van der Waals surface area contributed by atoms with E-state index in [1.807, 2.05) is 91.3 Å². The van der Waals surface area contributed by atoms with Gasteiger partial charge in [0.1, 0.15) is 0 Å². The molecule has 0 saturated carbocycles. The molecule has 0 atom stereocenters. The highest BCUT2D eigenvalue weighted by Crippen LogP contribution is 2.56. The monoisotopic (exact) mass is 1280 g/mol. The van der Waals surface area contributed by atoms with Crippen molar-refractivity contribution in [2.24, 2.45) is 0 Å². The van der Waals surface area contributed by atoms with Gasteiger partial charge in [0.15, 0.2) is 34.9 Å². The van der Waals surface area contributed by atoms with Gasteiger partial charge in [-0.15, -0.1) is 0 Å². The van der Waals surface area contributed by atoms with E-state index in [0.29, 0.717) is 34.9 Å². The number of anilines is 5. The molecule has 100 heavy (non-hydrogen) atoms. The van der Waals surface area contributed by atoms with Crippen LogP contribution in [0.3, 0.4) is 0 Å². The van der Waals surface area contributed by atoms with E-state index in [4.69, 9.17) is 34.9 Å². The van der Waals surface area contributed by atoms with E-state index in [1.54, 1.807) is 0 Å². The molecular formula is C89H59N11. The molecule has 2 aliphatic heterocycles. The molecule has 11 heteroatoms. The Morgan fingerprint density at radius 1 is 0.270 bits per heavy atom. The summed E-state index contributed by atoms with van der Waals surface area (Å²) in [5, 5.41) is 2.29. The predicted octanol–water partition coefficient (Wildman–Crippen LogP) is 21.9. The van der Waals surface area contributed by atoms with Gasteiger partial charge in [-0.1, -0.05) is 224 Å². The number of pyridine rings is 1. The van der Waals surface area contributed by atoms with Crippen molar-refractivity contribution >= 4 is 50.2 Å². The first-order valence-corrected chi connectivity index (χ1v) is 33.7. The number of hydrogen-bond acceptors (Lipinski definition) is 9. The van der Waals surface area contributed by atoms with Crippen molar-refractivity contribution in [2.75, 3.05) is 16.3 Å². The van der Waals surface area contributed by atoms with Crippen molar-refractivity contribution < 1.29 is 0 Å². The first kappa shape index (κ1) is 57.9. The predicted molar refractivity (Wildman–Crippen MR) is 405 cm³/mol. The van der Waals surface area contributed by atoms with Gasteiger partial charge in [0.05, 0.1) is 39.5 Å². The molecular weight excluding hydrogens is 1220 g/mol. The highest BCUT2D eigenvalue weighted by molar-refractivity contribution is 6.14. The number of fused-ring (bicyclic) bond motifs is 14. The van der Waals surface area contributed by atoms with Crippen LogP contribution < -0.4 is 9.80 Å². The molecule has 0 radical (unpaired) electrons. The van der Waals surface area contributed by atoms with Gasteiger partial charge >= 0.3 is 0 Å². The van der Waals surface area contributed by atoms with Crippen LogP contribution in [0.4, 0.5) is 28.4 Å². The Labute approximate surface area is 577 Å². The number of nitrogens with zero attached hydrogens (tertiary/aromatic N) is 11. The molecule has 0 fully saturated rings. The third-order valence-corrected chi connectivity index (χ3v) is 19.4. The normalized spacial score (nSPS) is 12.1. The largest absolute Gasteiger partial charge is 0.341 e. The fourth-order valence-corrected chi connectivity index (χ4v) is 14.9. The summed E-state index contributed by atoms with van der Waals surface area (Å²) in [4.78, 5) is 40.8. The molecule has 0 N–H and O–H groups in total. The summed E-state index contributed by atoms with van der Waals surface area (Å²) < 4.78 is 4.83. The lowest BCUT2D eigenvalue weighted by Crippen LogP contribution is -2.17. The average molecular weight is 1280 g/mol. The zero-order valence-electron chi connectivity index (χ0n) is 54.3. The van der Waals surface area contributed by atoms with Crippen LogP contribution in [-0.4, -0.2) is 50.6 Å². The summed E-state index contributed by atoms with van der Waals surface area (Å²) in [5.74, 6) is 3.57. The maximum Gasteiger partial charge on any atom is 0.164 e. The second kappa shape index (κ2) is 24.0. The fraction of sp³-hybridized carbons (Fsp3) is 0.0225. The Bertz CT molecular complexity index is 5970. The van der Waals surface area contributed by atoms with Crippen LogP contribution >= 0.6 is 0 Å². The molecule has 11 nitrogen and oxygen atoms in total. The summed E-state index contributed by atoms with van der Waals surface area (Å²) in [6.45, 7) is 2.97. The van der Waals surface area contributed by atoms with Gasteiger partial charge in [-0.3, -0.25) is 4.98 Å². The van der Waals surface area contributed by atoms with Gasteiger partial charge in [-0.2, -0.15) is 0 Å². The maximum absolute atomic E-state index is 5.36. The van der Waals surface area contributed by atoms with Gasteiger partial charge < -0.3 is 18.9 Å². The van der Waals surface area contributed by atoms with Crippen molar-refractivity contribution in [2.45, 2.75) is 6.92 Å². The van der Waals surface area contributed by atoms with Crippen LogP contribution in [0.1, 0.15) is 6.92 Å². The van der Waals surface area contributed by atoms with Crippen molar-refractivity contribution in [3.8, 4) is 136 Å². The van der Waals surface area contributed by atoms with Gasteiger partial charge in [0, 0.05) is 119 Å². The molecule has 0 amide bonds. The van der Waals surface area contributed by atoms with Crippen LogP contribution in [0.15, 0.2) is 328 Å². The summed E-state index contributed by atoms with van der Waals surface area (Å²) in [6, 6.07) is 111. The molecule has 2 aliphatic rings. The van der Waals surface area contributed by atoms with Gasteiger partial charge in [-0.05, 0) is 109 Å². The molecule has 12 aromatic carbocycles. The molecule has 0 aliphatic carbocycles.